The van der Waals surface area contributed by atoms with Gasteiger partial charge in [-0.05, 0) is 49.6 Å². The van der Waals surface area contributed by atoms with Crippen LogP contribution >= 0.6 is 11.8 Å². The van der Waals surface area contributed by atoms with Crippen molar-refractivity contribution >= 4 is 17.7 Å². The molecule has 1 aliphatic rings. The Bertz CT molecular complexity index is 488. The average Bonchev–Trinajstić information content (AvgIpc) is 2.47. The Hall–Kier alpha value is -1.00. The summed E-state index contributed by atoms with van der Waals surface area (Å²) in [6.45, 7) is 4.19. The van der Waals surface area contributed by atoms with Crippen molar-refractivity contribution in [2.24, 2.45) is 11.7 Å². The Labute approximate surface area is 132 Å². The van der Waals surface area contributed by atoms with Crippen molar-refractivity contribution in [2.75, 3.05) is 6.26 Å². The molecule has 1 aliphatic carbocycles. The van der Waals surface area contributed by atoms with Gasteiger partial charge in [-0.15, -0.1) is 11.8 Å². The summed E-state index contributed by atoms with van der Waals surface area (Å²) in [5.41, 5.74) is 6.78. The summed E-state index contributed by atoms with van der Waals surface area (Å²) >= 11 is 1.72. The molecule has 1 fully saturated rings. The van der Waals surface area contributed by atoms with E-state index >= 15 is 0 Å². The number of rotatable bonds is 4. The number of amides is 1. The van der Waals surface area contributed by atoms with Gasteiger partial charge in [0.25, 0.3) is 0 Å². The third kappa shape index (κ3) is 4.01. The molecule has 3 nitrogen and oxygen atoms in total. The number of carbonyl (C=O) groups excluding carboxylic acids is 1. The summed E-state index contributed by atoms with van der Waals surface area (Å²) in [5, 5.41) is 3.09. The Morgan fingerprint density at radius 2 is 2.10 bits per heavy atom. The van der Waals surface area contributed by atoms with Crippen molar-refractivity contribution in [1.29, 1.82) is 0 Å². The van der Waals surface area contributed by atoms with Gasteiger partial charge in [-0.2, -0.15) is 0 Å². The number of benzene rings is 1. The van der Waals surface area contributed by atoms with Crippen LogP contribution in [0.25, 0.3) is 0 Å². The minimum absolute atomic E-state index is 0.00417. The lowest BCUT2D eigenvalue weighted by Crippen LogP contribution is -2.56. The standard InChI is InChI=1S/C17H26N2OS/c1-12-5-4-10-17(18,11-12)16(20)19-13(2)14-6-8-15(21-3)9-7-14/h6-9,12-13H,4-5,10-11,18H2,1-3H3,(H,19,20). The lowest BCUT2D eigenvalue weighted by atomic mass is 9.76. The predicted molar refractivity (Wildman–Crippen MR) is 89.3 cm³/mol. The first-order chi connectivity index (χ1) is 9.94. The second-order valence-electron chi connectivity index (χ2n) is 6.33. The van der Waals surface area contributed by atoms with E-state index in [1.165, 1.54) is 11.3 Å². The molecular formula is C17H26N2OS. The molecule has 2 rings (SSSR count). The molecule has 0 aromatic heterocycles. The quantitative estimate of drug-likeness (QED) is 0.837. The molecule has 116 valence electrons. The van der Waals surface area contributed by atoms with Gasteiger partial charge in [0, 0.05) is 4.90 Å². The van der Waals surface area contributed by atoms with Gasteiger partial charge in [0.2, 0.25) is 5.91 Å². The van der Waals surface area contributed by atoms with Crippen molar-refractivity contribution in [3.63, 3.8) is 0 Å². The highest BCUT2D eigenvalue weighted by molar-refractivity contribution is 7.98. The maximum atomic E-state index is 12.5. The van der Waals surface area contributed by atoms with Crippen LogP contribution in [0, 0.1) is 5.92 Å². The molecule has 0 spiro atoms. The first-order valence-electron chi connectivity index (χ1n) is 7.68. The molecule has 0 heterocycles. The third-order valence-corrected chi connectivity index (χ3v) is 5.19. The largest absolute Gasteiger partial charge is 0.348 e. The number of nitrogens with two attached hydrogens (primary N) is 1. The van der Waals surface area contributed by atoms with Crippen LogP contribution in [0.15, 0.2) is 29.2 Å². The summed E-state index contributed by atoms with van der Waals surface area (Å²) < 4.78 is 0. The van der Waals surface area contributed by atoms with Crippen molar-refractivity contribution < 1.29 is 4.79 Å². The topological polar surface area (TPSA) is 55.1 Å². The van der Waals surface area contributed by atoms with Gasteiger partial charge in [-0.1, -0.05) is 31.9 Å². The van der Waals surface area contributed by atoms with Crippen LogP contribution in [-0.4, -0.2) is 17.7 Å². The first kappa shape index (κ1) is 16.4. The summed E-state index contributed by atoms with van der Waals surface area (Å²) in [7, 11) is 0. The average molecular weight is 306 g/mol. The Balaban J connectivity index is 2.00. The van der Waals surface area contributed by atoms with E-state index in [1.54, 1.807) is 11.8 Å². The summed E-state index contributed by atoms with van der Waals surface area (Å²) in [5.74, 6) is 0.529. The lowest BCUT2D eigenvalue weighted by molar-refractivity contribution is -0.128. The molecule has 1 saturated carbocycles. The van der Waals surface area contributed by atoms with E-state index in [1.807, 2.05) is 6.92 Å². The lowest BCUT2D eigenvalue weighted by Gasteiger charge is -2.36. The molecule has 4 heteroatoms. The van der Waals surface area contributed by atoms with Crippen LogP contribution in [0.4, 0.5) is 0 Å². The predicted octanol–water partition coefficient (Wildman–Crippen LogP) is 3.49. The molecule has 0 saturated heterocycles. The fourth-order valence-electron chi connectivity index (χ4n) is 3.11. The molecule has 0 aliphatic heterocycles. The van der Waals surface area contributed by atoms with E-state index in [4.69, 9.17) is 5.73 Å². The van der Waals surface area contributed by atoms with Crippen molar-refractivity contribution in [3.8, 4) is 0 Å². The molecule has 0 bridgehead atoms. The molecule has 0 radical (unpaired) electrons. The van der Waals surface area contributed by atoms with Gasteiger partial charge < -0.3 is 11.1 Å². The Kier molecular flexibility index (Phi) is 5.33. The monoisotopic (exact) mass is 306 g/mol. The number of hydrogen-bond acceptors (Lipinski definition) is 3. The summed E-state index contributed by atoms with van der Waals surface area (Å²) in [4.78, 5) is 13.8. The van der Waals surface area contributed by atoms with Crippen LogP contribution < -0.4 is 11.1 Å². The van der Waals surface area contributed by atoms with Crippen LogP contribution in [-0.2, 0) is 4.79 Å². The van der Waals surface area contributed by atoms with Gasteiger partial charge >= 0.3 is 0 Å². The molecule has 3 atom stereocenters. The van der Waals surface area contributed by atoms with Crippen LogP contribution in [0.2, 0.25) is 0 Å². The summed E-state index contributed by atoms with van der Waals surface area (Å²) in [6, 6.07) is 8.31. The highest BCUT2D eigenvalue weighted by atomic mass is 32.2. The fourth-order valence-corrected chi connectivity index (χ4v) is 3.52. The number of carbonyl (C=O) groups is 1. The molecule has 1 aromatic carbocycles. The fraction of sp³-hybridized carbons (Fsp3) is 0.588. The first-order valence-corrected chi connectivity index (χ1v) is 8.91. The molecule has 3 N–H and O–H groups in total. The second kappa shape index (κ2) is 6.84. The van der Waals surface area contributed by atoms with Gasteiger partial charge in [-0.3, -0.25) is 4.79 Å². The maximum absolute atomic E-state index is 12.5. The van der Waals surface area contributed by atoms with Crippen LogP contribution in [0.1, 0.15) is 51.1 Å². The van der Waals surface area contributed by atoms with Crippen LogP contribution in [0.3, 0.4) is 0 Å². The molecule has 1 aromatic rings. The number of hydrogen-bond donors (Lipinski definition) is 2. The van der Waals surface area contributed by atoms with Crippen molar-refractivity contribution in [2.45, 2.75) is 56.0 Å². The van der Waals surface area contributed by atoms with E-state index in [2.05, 4.69) is 42.8 Å². The zero-order valence-electron chi connectivity index (χ0n) is 13.2. The van der Waals surface area contributed by atoms with Gasteiger partial charge in [0.1, 0.15) is 0 Å². The van der Waals surface area contributed by atoms with Gasteiger partial charge in [0.05, 0.1) is 11.6 Å². The third-order valence-electron chi connectivity index (χ3n) is 4.45. The second-order valence-corrected chi connectivity index (χ2v) is 7.21. The van der Waals surface area contributed by atoms with E-state index in [0.29, 0.717) is 5.92 Å². The van der Waals surface area contributed by atoms with Gasteiger partial charge in [-0.25, -0.2) is 0 Å². The van der Waals surface area contributed by atoms with E-state index < -0.39 is 5.54 Å². The normalized spacial score (nSPS) is 27.1. The smallest absolute Gasteiger partial charge is 0.240 e. The van der Waals surface area contributed by atoms with Crippen molar-refractivity contribution in [3.05, 3.63) is 29.8 Å². The number of thioether (sulfide) groups is 1. The van der Waals surface area contributed by atoms with E-state index in [9.17, 15) is 4.79 Å². The summed E-state index contributed by atoms with van der Waals surface area (Å²) in [6.07, 6.45) is 5.86. The zero-order chi connectivity index (χ0) is 15.5. The van der Waals surface area contributed by atoms with E-state index in [-0.39, 0.29) is 11.9 Å². The molecular weight excluding hydrogens is 280 g/mol. The molecule has 3 unspecified atom stereocenters. The Morgan fingerprint density at radius 1 is 1.43 bits per heavy atom. The number of nitrogens with one attached hydrogen (secondary N) is 1. The van der Waals surface area contributed by atoms with E-state index in [0.717, 1.165) is 24.8 Å². The maximum Gasteiger partial charge on any atom is 0.240 e. The SMILES string of the molecule is CSc1ccc(C(C)NC(=O)C2(N)CCCC(C)C2)cc1. The molecule has 1 amide bonds. The van der Waals surface area contributed by atoms with Crippen LogP contribution in [0.5, 0.6) is 0 Å². The molecule has 21 heavy (non-hydrogen) atoms. The van der Waals surface area contributed by atoms with Crippen molar-refractivity contribution in [1.82, 2.24) is 5.32 Å². The van der Waals surface area contributed by atoms with Gasteiger partial charge in [0.15, 0.2) is 0 Å². The highest BCUT2D eigenvalue weighted by Crippen LogP contribution is 2.31. The minimum Gasteiger partial charge on any atom is -0.348 e. The minimum atomic E-state index is -0.689. The zero-order valence-corrected chi connectivity index (χ0v) is 14.0. The Morgan fingerprint density at radius 3 is 2.67 bits per heavy atom. The highest BCUT2D eigenvalue weighted by Gasteiger charge is 2.38.